The van der Waals surface area contributed by atoms with Crippen molar-refractivity contribution in [3.8, 4) is 5.75 Å². The number of ether oxygens (including phenoxy) is 1. The molecule has 0 aromatic heterocycles. The Hall–Kier alpha value is -2.54. The fraction of sp³-hybridized carbons (Fsp3) is 0.385. The number of carbonyl (C=O) groups excluding carboxylic acids is 2. The maximum atomic E-state index is 13.1. The number of hydrogen-bond donors (Lipinski definition) is 1. The molecule has 1 atom stereocenters. The van der Waals surface area contributed by atoms with Gasteiger partial charge in [-0.25, -0.2) is 0 Å². The molecule has 1 saturated heterocycles. The van der Waals surface area contributed by atoms with Crippen molar-refractivity contribution in [1.82, 2.24) is 9.80 Å². The second kappa shape index (κ2) is 11.3. The fourth-order valence-electron chi connectivity index (χ4n) is 3.89. The van der Waals surface area contributed by atoms with Crippen LogP contribution in [-0.2, 0) is 9.59 Å². The van der Waals surface area contributed by atoms with Gasteiger partial charge in [0.25, 0.3) is 11.7 Å². The van der Waals surface area contributed by atoms with Crippen molar-refractivity contribution in [2.75, 3.05) is 33.8 Å². The number of aliphatic hydroxyl groups excluding tert-OH is 1. The molecule has 1 heterocycles. The molecule has 34 heavy (non-hydrogen) atoms. The number of nitrogens with zero attached hydrogens (tertiary/aromatic N) is 2. The lowest BCUT2D eigenvalue weighted by Gasteiger charge is -2.26. The summed E-state index contributed by atoms with van der Waals surface area (Å²) in [6, 6.07) is 9.42. The van der Waals surface area contributed by atoms with E-state index in [1.165, 1.54) is 4.90 Å². The van der Waals surface area contributed by atoms with Crippen molar-refractivity contribution in [2.24, 2.45) is 0 Å². The van der Waals surface area contributed by atoms with Gasteiger partial charge in [-0.15, -0.1) is 0 Å². The van der Waals surface area contributed by atoms with Gasteiger partial charge in [0.05, 0.1) is 28.3 Å². The Morgan fingerprint density at radius 3 is 2.47 bits per heavy atom. The summed E-state index contributed by atoms with van der Waals surface area (Å²) >= 11 is 12.4. The van der Waals surface area contributed by atoms with E-state index in [2.05, 4.69) is 6.92 Å². The van der Waals surface area contributed by atoms with E-state index in [1.807, 2.05) is 25.9 Å². The minimum atomic E-state index is -0.782. The van der Waals surface area contributed by atoms with Crippen LogP contribution in [0.4, 0.5) is 0 Å². The summed E-state index contributed by atoms with van der Waals surface area (Å²) < 4.78 is 5.80. The molecule has 8 heteroatoms. The zero-order valence-corrected chi connectivity index (χ0v) is 21.4. The van der Waals surface area contributed by atoms with Crippen molar-refractivity contribution in [3.63, 3.8) is 0 Å². The Morgan fingerprint density at radius 1 is 1.12 bits per heavy atom. The molecule has 0 spiro atoms. The third-order valence-corrected chi connectivity index (χ3v) is 6.53. The highest BCUT2D eigenvalue weighted by atomic mass is 35.5. The highest BCUT2D eigenvalue weighted by Gasteiger charge is 2.46. The Kier molecular flexibility index (Phi) is 8.63. The molecule has 1 amide bonds. The minimum absolute atomic E-state index is 0.0289. The highest BCUT2D eigenvalue weighted by molar-refractivity contribution is 6.46. The van der Waals surface area contributed by atoms with Crippen LogP contribution < -0.4 is 4.74 Å². The molecule has 6 nitrogen and oxygen atoms in total. The first-order chi connectivity index (χ1) is 16.1. The maximum Gasteiger partial charge on any atom is 0.295 e. The molecule has 2 aromatic rings. The normalized spacial score (nSPS) is 17.6. The van der Waals surface area contributed by atoms with Gasteiger partial charge in [-0.3, -0.25) is 9.59 Å². The number of amides is 1. The Balaban J connectivity index is 2.08. The Bertz CT molecular complexity index is 1110. The number of aliphatic hydroxyl groups is 1. The van der Waals surface area contributed by atoms with E-state index in [0.29, 0.717) is 40.9 Å². The van der Waals surface area contributed by atoms with Crippen molar-refractivity contribution in [3.05, 3.63) is 68.7 Å². The molecule has 1 fully saturated rings. The molecule has 0 radical (unpaired) electrons. The van der Waals surface area contributed by atoms with E-state index in [0.717, 1.165) is 24.2 Å². The summed E-state index contributed by atoms with van der Waals surface area (Å²) in [5.74, 6) is -0.897. The number of aryl methyl sites for hydroxylation is 1. The van der Waals surface area contributed by atoms with Gasteiger partial charge in [-0.05, 0) is 68.9 Å². The number of unbranched alkanes of at least 4 members (excludes halogenated alkanes) is 1. The number of likely N-dealkylation sites (tertiary alicyclic amines) is 1. The zero-order valence-electron chi connectivity index (χ0n) is 19.9. The maximum absolute atomic E-state index is 13.1. The van der Waals surface area contributed by atoms with Gasteiger partial charge in [0, 0.05) is 18.7 Å². The van der Waals surface area contributed by atoms with Crippen molar-refractivity contribution in [1.29, 1.82) is 0 Å². The van der Waals surface area contributed by atoms with Gasteiger partial charge in [0.2, 0.25) is 0 Å². The van der Waals surface area contributed by atoms with Crippen molar-refractivity contribution >= 4 is 40.7 Å². The summed E-state index contributed by atoms with van der Waals surface area (Å²) in [6.45, 7) is 5.44. The van der Waals surface area contributed by atoms with Gasteiger partial charge in [0.15, 0.2) is 0 Å². The quantitative estimate of drug-likeness (QED) is 0.212. The number of likely N-dealkylation sites (N-methyl/N-ethyl adjacent to an activating group) is 1. The van der Waals surface area contributed by atoms with Crippen LogP contribution >= 0.6 is 23.2 Å². The first-order valence-corrected chi connectivity index (χ1v) is 12.0. The predicted octanol–water partition coefficient (Wildman–Crippen LogP) is 5.46. The van der Waals surface area contributed by atoms with Crippen molar-refractivity contribution < 1.29 is 19.4 Å². The molecule has 1 aliphatic heterocycles. The molecule has 0 aliphatic carbocycles. The number of carbonyl (C=O) groups is 2. The van der Waals surface area contributed by atoms with Crippen LogP contribution in [0.3, 0.4) is 0 Å². The number of ketones is 1. The van der Waals surface area contributed by atoms with Crippen LogP contribution in [0.1, 0.15) is 42.5 Å². The number of rotatable bonds is 9. The molecule has 1 aliphatic rings. The molecule has 0 bridgehead atoms. The smallest absolute Gasteiger partial charge is 0.295 e. The third-order valence-electron chi connectivity index (χ3n) is 5.79. The van der Waals surface area contributed by atoms with Crippen LogP contribution in [0.25, 0.3) is 5.76 Å². The molecule has 0 saturated carbocycles. The zero-order chi connectivity index (χ0) is 25.0. The van der Waals surface area contributed by atoms with E-state index < -0.39 is 17.7 Å². The molecule has 0 unspecified atom stereocenters. The topological polar surface area (TPSA) is 70.1 Å². The lowest BCUT2D eigenvalue weighted by molar-refractivity contribution is -0.140. The summed E-state index contributed by atoms with van der Waals surface area (Å²) in [4.78, 5) is 29.5. The average Bonchev–Trinajstić information content (AvgIpc) is 3.05. The van der Waals surface area contributed by atoms with E-state index in [9.17, 15) is 14.7 Å². The summed E-state index contributed by atoms with van der Waals surface area (Å²) in [6.07, 6.45) is 1.97. The predicted molar refractivity (Wildman–Crippen MR) is 136 cm³/mol. The van der Waals surface area contributed by atoms with E-state index >= 15 is 0 Å². The lowest BCUT2D eigenvalue weighted by atomic mass is 9.94. The first kappa shape index (κ1) is 26.1. The van der Waals surface area contributed by atoms with Gasteiger partial charge in [0.1, 0.15) is 11.5 Å². The number of halogens is 2. The Labute approximate surface area is 210 Å². The van der Waals surface area contributed by atoms with Crippen LogP contribution in [-0.4, -0.2) is 60.4 Å². The fourth-order valence-corrected chi connectivity index (χ4v) is 4.19. The molecule has 1 N–H and O–H groups in total. The van der Waals surface area contributed by atoms with Crippen LogP contribution in [0.5, 0.6) is 5.75 Å². The van der Waals surface area contributed by atoms with E-state index in [-0.39, 0.29) is 11.3 Å². The SMILES string of the molecule is CCCCOc1ccc(C(O)=C2C(=O)C(=O)N(CCN(C)C)[C@@H]2c2ccc(Cl)c(Cl)c2)cc1C. The largest absolute Gasteiger partial charge is 0.507 e. The molecular weight excluding hydrogens is 475 g/mol. The summed E-state index contributed by atoms with van der Waals surface area (Å²) in [5, 5.41) is 11.9. The van der Waals surface area contributed by atoms with Gasteiger partial charge in [-0.1, -0.05) is 42.6 Å². The second-order valence-electron chi connectivity index (χ2n) is 8.65. The molecular formula is C26H30Cl2N2O4. The number of Topliss-reactive ketones (excluding diaryl/α,β-unsaturated/α-hetero) is 1. The van der Waals surface area contributed by atoms with E-state index in [4.69, 9.17) is 27.9 Å². The molecule has 3 rings (SSSR count). The highest BCUT2D eigenvalue weighted by Crippen LogP contribution is 2.41. The van der Waals surface area contributed by atoms with Crippen molar-refractivity contribution in [2.45, 2.75) is 32.7 Å². The average molecular weight is 505 g/mol. The van der Waals surface area contributed by atoms with Crippen LogP contribution in [0, 0.1) is 6.92 Å². The molecule has 182 valence electrons. The monoisotopic (exact) mass is 504 g/mol. The van der Waals surface area contributed by atoms with E-state index in [1.54, 1.807) is 36.4 Å². The summed E-state index contributed by atoms with van der Waals surface area (Å²) in [5.41, 5.74) is 1.90. The molecule has 2 aromatic carbocycles. The van der Waals surface area contributed by atoms with Crippen LogP contribution in [0.15, 0.2) is 42.0 Å². The van der Waals surface area contributed by atoms with Gasteiger partial charge >= 0.3 is 0 Å². The standard InChI is InChI=1S/C26H30Cl2N2O4/c1-5-6-13-34-21-10-8-18(14-16(21)2)24(31)22-23(17-7-9-19(27)20(28)15-17)30(12-11-29(3)4)26(33)25(22)32/h7-10,14-15,23,31H,5-6,11-13H2,1-4H3/t23-/m1/s1. The van der Waals surface area contributed by atoms with Gasteiger partial charge < -0.3 is 19.6 Å². The number of hydrogen-bond acceptors (Lipinski definition) is 5. The minimum Gasteiger partial charge on any atom is -0.507 e. The first-order valence-electron chi connectivity index (χ1n) is 11.3. The lowest BCUT2D eigenvalue weighted by Crippen LogP contribution is -2.35. The van der Waals surface area contributed by atoms with Crippen LogP contribution in [0.2, 0.25) is 10.0 Å². The number of benzene rings is 2. The summed E-state index contributed by atoms with van der Waals surface area (Å²) in [7, 11) is 3.77. The Morgan fingerprint density at radius 2 is 1.85 bits per heavy atom. The van der Waals surface area contributed by atoms with Gasteiger partial charge in [-0.2, -0.15) is 0 Å². The third kappa shape index (κ3) is 5.57. The second-order valence-corrected chi connectivity index (χ2v) is 9.47.